The highest BCUT2D eigenvalue weighted by Gasteiger charge is 2.21. The van der Waals surface area contributed by atoms with Crippen LogP contribution in [-0.4, -0.2) is 56.1 Å². The Kier molecular flexibility index (Phi) is 7.12. The van der Waals surface area contributed by atoms with Crippen LogP contribution in [0.4, 0.5) is 0 Å². The molecule has 1 aromatic heterocycles. The standard InChI is InChI=1S/C21H28N2O3S/c1-25-18-8-9-20(26-2)17(15-18)16-22-10-12-23(13-11-22)21(24)7-3-5-19-6-4-14-27-19/h4,6,8-9,14-15H,3,5,7,10-13,16H2,1-2H3. The molecule has 0 N–H and O–H groups in total. The van der Waals surface area contributed by atoms with Gasteiger partial charge in [0.2, 0.25) is 5.91 Å². The van der Waals surface area contributed by atoms with Gasteiger partial charge in [-0.15, -0.1) is 11.3 Å². The number of amides is 1. The molecule has 0 radical (unpaired) electrons. The first-order valence-corrected chi connectivity index (χ1v) is 10.3. The van der Waals surface area contributed by atoms with Gasteiger partial charge in [-0.05, 0) is 42.5 Å². The van der Waals surface area contributed by atoms with Gasteiger partial charge in [-0.3, -0.25) is 9.69 Å². The summed E-state index contributed by atoms with van der Waals surface area (Å²) in [6.07, 6.45) is 2.57. The first-order valence-electron chi connectivity index (χ1n) is 9.43. The van der Waals surface area contributed by atoms with Crippen molar-refractivity contribution in [2.24, 2.45) is 0 Å². The second-order valence-electron chi connectivity index (χ2n) is 6.77. The Morgan fingerprint density at radius 3 is 2.59 bits per heavy atom. The molecule has 3 rings (SSSR count). The van der Waals surface area contributed by atoms with Crippen molar-refractivity contribution in [2.45, 2.75) is 25.8 Å². The Morgan fingerprint density at radius 2 is 1.93 bits per heavy atom. The summed E-state index contributed by atoms with van der Waals surface area (Å²) >= 11 is 1.77. The predicted molar refractivity (Wildman–Crippen MR) is 109 cm³/mol. The number of methoxy groups -OCH3 is 2. The van der Waals surface area contributed by atoms with E-state index < -0.39 is 0 Å². The molecule has 1 fully saturated rings. The van der Waals surface area contributed by atoms with Crippen molar-refractivity contribution in [3.05, 3.63) is 46.2 Å². The second kappa shape index (κ2) is 9.76. The molecule has 146 valence electrons. The number of ether oxygens (including phenoxy) is 2. The number of thiophene rings is 1. The van der Waals surface area contributed by atoms with Crippen molar-refractivity contribution >= 4 is 17.2 Å². The number of nitrogens with zero attached hydrogens (tertiary/aromatic N) is 2. The number of carbonyl (C=O) groups excluding carboxylic acids is 1. The molecule has 0 aliphatic carbocycles. The summed E-state index contributed by atoms with van der Waals surface area (Å²) in [7, 11) is 3.37. The van der Waals surface area contributed by atoms with Crippen LogP contribution >= 0.6 is 11.3 Å². The lowest BCUT2D eigenvalue weighted by Crippen LogP contribution is -2.48. The predicted octanol–water partition coefficient (Wildman–Crippen LogP) is 3.43. The SMILES string of the molecule is COc1ccc(OC)c(CN2CCN(C(=O)CCCc3cccs3)CC2)c1. The molecular weight excluding hydrogens is 360 g/mol. The van der Waals surface area contributed by atoms with E-state index in [1.165, 1.54) is 4.88 Å². The summed E-state index contributed by atoms with van der Waals surface area (Å²) in [6, 6.07) is 10.1. The zero-order chi connectivity index (χ0) is 19.1. The average Bonchev–Trinajstić information content (AvgIpc) is 3.22. The van der Waals surface area contributed by atoms with E-state index in [1.807, 2.05) is 23.1 Å². The van der Waals surface area contributed by atoms with Gasteiger partial charge in [0.15, 0.2) is 0 Å². The van der Waals surface area contributed by atoms with Gasteiger partial charge >= 0.3 is 0 Å². The zero-order valence-electron chi connectivity index (χ0n) is 16.1. The smallest absolute Gasteiger partial charge is 0.222 e. The van der Waals surface area contributed by atoms with Gasteiger partial charge in [-0.1, -0.05) is 6.07 Å². The van der Waals surface area contributed by atoms with Crippen LogP contribution in [0.1, 0.15) is 23.3 Å². The molecule has 2 aromatic rings. The molecule has 27 heavy (non-hydrogen) atoms. The average molecular weight is 389 g/mol. The number of hydrogen-bond acceptors (Lipinski definition) is 5. The van der Waals surface area contributed by atoms with Gasteiger partial charge in [0.05, 0.1) is 14.2 Å². The lowest BCUT2D eigenvalue weighted by Gasteiger charge is -2.35. The van der Waals surface area contributed by atoms with Gasteiger partial charge in [0, 0.05) is 49.6 Å². The van der Waals surface area contributed by atoms with Crippen molar-refractivity contribution in [2.75, 3.05) is 40.4 Å². The van der Waals surface area contributed by atoms with E-state index >= 15 is 0 Å². The van der Waals surface area contributed by atoms with Gasteiger partial charge in [-0.2, -0.15) is 0 Å². The molecule has 2 heterocycles. The van der Waals surface area contributed by atoms with E-state index in [9.17, 15) is 4.79 Å². The monoisotopic (exact) mass is 388 g/mol. The number of piperazine rings is 1. The van der Waals surface area contributed by atoms with Crippen molar-refractivity contribution in [1.29, 1.82) is 0 Å². The number of hydrogen-bond donors (Lipinski definition) is 0. The first kappa shape index (κ1) is 19.7. The minimum Gasteiger partial charge on any atom is -0.497 e. The Bertz CT molecular complexity index is 725. The van der Waals surface area contributed by atoms with Crippen molar-refractivity contribution in [3.8, 4) is 11.5 Å². The molecule has 5 nitrogen and oxygen atoms in total. The molecule has 0 saturated carbocycles. The van der Waals surface area contributed by atoms with E-state index in [2.05, 4.69) is 22.4 Å². The third-order valence-electron chi connectivity index (χ3n) is 5.00. The fourth-order valence-corrected chi connectivity index (χ4v) is 4.18. The Balaban J connectivity index is 1.45. The molecule has 1 saturated heterocycles. The van der Waals surface area contributed by atoms with Crippen LogP contribution in [0.2, 0.25) is 0 Å². The summed E-state index contributed by atoms with van der Waals surface area (Å²) < 4.78 is 10.8. The fraction of sp³-hybridized carbons (Fsp3) is 0.476. The van der Waals surface area contributed by atoms with Gasteiger partial charge in [0.1, 0.15) is 11.5 Å². The lowest BCUT2D eigenvalue weighted by atomic mass is 10.1. The van der Waals surface area contributed by atoms with Gasteiger partial charge < -0.3 is 14.4 Å². The van der Waals surface area contributed by atoms with Crippen molar-refractivity contribution in [3.63, 3.8) is 0 Å². The summed E-state index contributed by atoms with van der Waals surface area (Å²) in [4.78, 5) is 18.2. The van der Waals surface area contributed by atoms with Crippen LogP contribution in [0.15, 0.2) is 35.7 Å². The number of rotatable bonds is 8. The normalized spacial score (nSPS) is 15.0. The lowest BCUT2D eigenvalue weighted by molar-refractivity contribution is -0.133. The third-order valence-corrected chi connectivity index (χ3v) is 5.94. The Morgan fingerprint density at radius 1 is 1.11 bits per heavy atom. The molecule has 1 aliphatic rings. The third kappa shape index (κ3) is 5.47. The number of carbonyl (C=O) groups is 1. The maximum atomic E-state index is 12.4. The van der Waals surface area contributed by atoms with Gasteiger partial charge in [-0.25, -0.2) is 0 Å². The number of aryl methyl sites for hydroxylation is 1. The van der Waals surface area contributed by atoms with E-state index in [0.29, 0.717) is 6.42 Å². The van der Waals surface area contributed by atoms with E-state index in [4.69, 9.17) is 9.47 Å². The van der Waals surface area contributed by atoms with Crippen molar-refractivity contribution < 1.29 is 14.3 Å². The van der Waals surface area contributed by atoms with Gasteiger partial charge in [0.25, 0.3) is 0 Å². The van der Waals surface area contributed by atoms with E-state index in [1.54, 1.807) is 25.6 Å². The van der Waals surface area contributed by atoms with Crippen molar-refractivity contribution in [1.82, 2.24) is 9.80 Å². The molecule has 0 bridgehead atoms. The van der Waals surface area contributed by atoms with Crippen LogP contribution < -0.4 is 9.47 Å². The molecular formula is C21H28N2O3S. The summed E-state index contributed by atoms with van der Waals surface area (Å²) in [6.45, 7) is 4.17. The molecule has 0 spiro atoms. The quantitative estimate of drug-likeness (QED) is 0.695. The minimum absolute atomic E-state index is 0.283. The zero-order valence-corrected chi connectivity index (χ0v) is 17.0. The van der Waals surface area contributed by atoms with Crippen LogP contribution in [0, 0.1) is 0 Å². The maximum Gasteiger partial charge on any atom is 0.222 e. The maximum absolute atomic E-state index is 12.4. The Hall–Kier alpha value is -2.05. The molecule has 1 aliphatic heterocycles. The van der Waals surface area contributed by atoms with E-state index in [-0.39, 0.29) is 5.91 Å². The summed E-state index contributed by atoms with van der Waals surface area (Å²) in [5, 5.41) is 2.09. The largest absolute Gasteiger partial charge is 0.497 e. The van der Waals surface area contributed by atoms with Crippen LogP contribution in [-0.2, 0) is 17.8 Å². The topological polar surface area (TPSA) is 42.0 Å². The first-order chi connectivity index (χ1) is 13.2. The molecule has 1 amide bonds. The second-order valence-corrected chi connectivity index (χ2v) is 7.80. The molecule has 0 atom stereocenters. The summed E-state index contributed by atoms with van der Waals surface area (Å²) in [5.74, 6) is 2.00. The minimum atomic E-state index is 0.283. The number of benzene rings is 1. The fourth-order valence-electron chi connectivity index (χ4n) is 3.43. The highest BCUT2D eigenvalue weighted by atomic mass is 32.1. The molecule has 0 unspecified atom stereocenters. The molecule has 6 heteroatoms. The van der Waals surface area contributed by atoms with Crippen LogP contribution in [0.3, 0.4) is 0 Å². The Labute approximate surface area is 165 Å². The summed E-state index contributed by atoms with van der Waals surface area (Å²) in [5.41, 5.74) is 1.12. The molecule has 1 aromatic carbocycles. The highest BCUT2D eigenvalue weighted by Crippen LogP contribution is 2.25. The highest BCUT2D eigenvalue weighted by molar-refractivity contribution is 7.09. The van der Waals surface area contributed by atoms with E-state index in [0.717, 1.165) is 62.6 Å². The van der Waals surface area contributed by atoms with Crippen LogP contribution in [0.25, 0.3) is 0 Å². The van der Waals surface area contributed by atoms with Crippen LogP contribution in [0.5, 0.6) is 11.5 Å².